The highest BCUT2D eigenvalue weighted by atomic mass is 79.9. The molecule has 0 aromatic heterocycles. The Morgan fingerprint density at radius 3 is 2.50 bits per heavy atom. The molecule has 0 unspecified atom stereocenters. The number of hydrogen-bond acceptors (Lipinski definition) is 2. The lowest BCUT2D eigenvalue weighted by Gasteiger charge is -2.09. The Bertz CT molecular complexity index is 523. The molecular weight excluding hydrogens is 290 g/mol. The molecule has 18 heavy (non-hydrogen) atoms. The molecule has 2 nitrogen and oxygen atoms in total. The van der Waals surface area contributed by atoms with Crippen molar-refractivity contribution in [2.75, 3.05) is 12.4 Å². The number of nitrogens with one attached hydrogen (secondary N) is 1. The van der Waals surface area contributed by atoms with Crippen LogP contribution in [-0.4, -0.2) is 7.11 Å². The van der Waals surface area contributed by atoms with Gasteiger partial charge in [0.15, 0.2) is 0 Å². The number of anilines is 1. The van der Waals surface area contributed by atoms with Gasteiger partial charge in [0.25, 0.3) is 0 Å². The fraction of sp³-hybridized carbons (Fsp3) is 0.200. The monoisotopic (exact) mass is 305 g/mol. The van der Waals surface area contributed by atoms with Gasteiger partial charge >= 0.3 is 0 Å². The van der Waals surface area contributed by atoms with Gasteiger partial charge in [-0.3, -0.25) is 0 Å². The summed E-state index contributed by atoms with van der Waals surface area (Å²) in [5.41, 5.74) is 3.59. The maximum Gasteiger partial charge on any atom is 0.122 e. The summed E-state index contributed by atoms with van der Waals surface area (Å²) >= 11 is 3.47. The van der Waals surface area contributed by atoms with Gasteiger partial charge in [0, 0.05) is 22.8 Å². The van der Waals surface area contributed by atoms with Crippen molar-refractivity contribution in [2.45, 2.75) is 13.5 Å². The SMILES string of the molecule is COc1cc(Br)cc(NCc2ccc(C)cc2)c1. The Morgan fingerprint density at radius 2 is 1.83 bits per heavy atom. The average Bonchev–Trinajstić information content (AvgIpc) is 2.37. The Hall–Kier alpha value is -1.48. The number of aryl methyl sites for hydroxylation is 1. The molecule has 0 spiro atoms. The van der Waals surface area contributed by atoms with Crippen molar-refractivity contribution >= 4 is 21.6 Å². The zero-order valence-electron chi connectivity index (χ0n) is 10.5. The van der Waals surface area contributed by atoms with Crippen LogP contribution in [-0.2, 0) is 6.54 Å². The van der Waals surface area contributed by atoms with Gasteiger partial charge < -0.3 is 10.1 Å². The second-order valence-corrected chi connectivity index (χ2v) is 5.13. The van der Waals surface area contributed by atoms with Crippen LogP contribution >= 0.6 is 15.9 Å². The highest BCUT2D eigenvalue weighted by molar-refractivity contribution is 9.10. The zero-order valence-corrected chi connectivity index (χ0v) is 12.1. The highest BCUT2D eigenvalue weighted by Gasteiger charge is 1.99. The van der Waals surface area contributed by atoms with Crippen LogP contribution in [0.25, 0.3) is 0 Å². The molecule has 94 valence electrons. The Balaban J connectivity index is 2.05. The van der Waals surface area contributed by atoms with Crippen LogP contribution in [0, 0.1) is 6.92 Å². The first kappa shape index (κ1) is 13.0. The molecule has 0 radical (unpaired) electrons. The standard InChI is InChI=1S/C15H16BrNO/c1-11-3-5-12(6-4-11)10-17-14-7-13(16)8-15(9-14)18-2/h3-9,17H,10H2,1-2H3. The minimum atomic E-state index is 0.805. The number of ether oxygens (including phenoxy) is 1. The van der Waals surface area contributed by atoms with Gasteiger partial charge in [-0.2, -0.15) is 0 Å². The molecule has 0 amide bonds. The molecule has 2 aromatic carbocycles. The molecule has 0 saturated heterocycles. The fourth-order valence-electron chi connectivity index (χ4n) is 1.69. The largest absolute Gasteiger partial charge is 0.497 e. The van der Waals surface area contributed by atoms with E-state index in [0.717, 1.165) is 22.5 Å². The molecule has 2 aromatic rings. The lowest BCUT2D eigenvalue weighted by atomic mass is 10.1. The van der Waals surface area contributed by atoms with Crippen LogP contribution in [0.15, 0.2) is 46.9 Å². The summed E-state index contributed by atoms with van der Waals surface area (Å²) < 4.78 is 6.24. The van der Waals surface area contributed by atoms with E-state index in [2.05, 4.69) is 52.4 Å². The predicted molar refractivity (Wildman–Crippen MR) is 79.2 cm³/mol. The molecule has 1 N–H and O–H groups in total. The Morgan fingerprint density at radius 1 is 1.11 bits per heavy atom. The van der Waals surface area contributed by atoms with Gasteiger partial charge in [-0.1, -0.05) is 45.8 Å². The molecule has 0 bridgehead atoms. The van der Waals surface area contributed by atoms with Crippen molar-refractivity contribution in [3.05, 3.63) is 58.1 Å². The van der Waals surface area contributed by atoms with Gasteiger partial charge in [0.1, 0.15) is 5.75 Å². The van der Waals surface area contributed by atoms with Crippen molar-refractivity contribution in [1.29, 1.82) is 0 Å². The molecule has 0 atom stereocenters. The summed E-state index contributed by atoms with van der Waals surface area (Å²) in [4.78, 5) is 0. The first-order valence-electron chi connectivity index (χ1n) is 5.81. The smallest absolute Gasteiger partial charge is 0.122 e. The molecule has 0 heterocycles. The van der Waals surface area contributed by atoms with Crippen LogP contribution in [0.2, 0.25) is 0 Å². The van der Waals surface area contributed by atoms with Crippen LogP contribution in [0.1, 0.15) is 11.1 Å². The fourth-order valence-corrected chi connectivity index (χ4v) is 2.16. The summed E-state index contributed by atoms with van der Waals surface area (Å²) in [6.45, 7) is 2.90. The second-order valence-electron chi connectivity index (χ2n) is 4.22. The van der Waals surface area contributed by atoms with Crippen LogP contribution in [0.5, 0.6) is 5.75 Å². The van der Waals surface area contributed by atoms with E-state index < -0.39 is 0 Å². The summed E-state index contributed by atoms with van der Waals surface area (Å²) in [6, 6.07) is 14.5. The van der Waals surface area contributed by atoms with Crippen molar-refractivity contribution in [3.63, 3.8) is 0 Å². The van der Waals surface area contributed by atoms with E-state index in [1.807, 2.05) is 18.2 Å². The Kier molecular flexibility index (Phi) is 4.26. The molecule has 0 fully saturated rings. The van der Waals surface area contributed by atoms with E-state index in [1.54, 1.807) is 7.11 Å². The first-order chi connectivity index (χ1) is 8.67. The summed E-state index contributed by atoms with van der Waals surface area (Å²) in [6.07, 6.45) is 0. The first-order valence-corrected chi connectivity index (χ1v) is 6.60. The summed E-state index contributed by atoms with van der Waals surface area (Å²) in [7, 11) is 1.67. The lowest BCUT2D eigenvalue weighted by Crippen LogP contribution is -1.99. The minimum absolute atomic E-state index is 0.805. The Labute approximate surface area is 116 Å². The molecule has 0 saturated carbocycles. The molecular formula is C15H16BrNO. The quantitative estimate of drug-likeness (QED) is 0.905. The van der Waals surface area contributed by atoms with Gasteiger partial charge in [0.2, 0.25) is 0 Å². The third kappa shape index (κ3) is 3.50. The van der Waals surface area contributed by atoms with Gasteiger partial charge in [-0.15, -0.1) is 0 Å². The van der Waals surface area contributed by atoms with Crippen molar-refractivity contribution in [3.8, 4) is 5.75 Å². The molecule has 2 rings (SSSR count). The van der Waals surface area contributed by atoms with Crippen LogP contribution in [0.3, 0.4) is 0 Å². The minimum Gasteiger partial charge on any atom is -0.497 e. The van der Waals surface area contributed by atoms with Gasteiger partial charge in [-0.25, -0.2) is 0 Å². The number of hydrogen-bond donors (Lipinski definition) is 1. The van der Waals surface area contributed by atoms with Crippen LogP contribution < -0.4 is 10.1 Å². The number of halogens is 1. The molecule has 0 aliphatic rings. The third-order valence-corrected chi connectivity index (χ3v) is 3.18. The summed E-state index contributed by atoms with van der Waals surface area (Å²) in [5.74, 6) is 0.843. The van der Waals surface area contributed by atoms with E-state index in [0.29, 0.717) is 0 Å². The normalized spacial score (nSPS) is 10.2. The number of methoxy groups -OCH3 is 1. The maximum absolute atomic E-state index is 5.23. The van der Waals surface area contributed by atoms with Crippen molar-refractivity contribution in [1.82, 2.24) is 0 Å². The van der Waals surface area contributed by atoms with Crippen molar-refractivity contribution in [2.24, 2.45) is 0 Å². The van der Waals surface area contributed by atoms with E-state index >= 15 is 0 Å². The average molecular weight is 306 g/mol. The van der Waals surface area contributed by atoms with Crippen molar-refractivity contribution < 1.29 is 4.74 Å². The second kappa shape index (κ2) is 5.91. The molecule has 0 aliphatic heterocycles. The van der Waals surface area contributed by atoms with E-state index in [-0.39, 0.29) is 0 Å². The number of benzene rings is 2. The summed E-state index contributed by atoms with van der Waals surface area (Å²) in [5, 5.41) is 3.39. The highest BCUT2D eigenvalue weighted by Crippen LogP contribution is 2.24. The van der Waals surface area contributed by atoms with E-state index in [4.69, 9.17) is 4.74 Å². The third-order valence-electron chi connectivity index (χ3n) is 2.72. The zero-order chi connectivity index (χ0) is 13.0. The molecule has 3 heteroatoms. The van der Waals surface area contributed by atoms with Gasteiger partial charge in [0.05, 0.1) is 7.11 Å². The maximum atomic E-state index is 5.23. The van der Waals surface area contributed by atoms with Gasteiger partial charge in [-0.05, 0) is 24.6 Å². The lowest BCUT2D eigenvalue weighted by molar-refractivity contribution is 0.414. The van der Waals surface area contributed by atoms with E-state index in [9.17, 15) is 0 Å². The number of rotatable bonds is 4. The topological polar surface area (TPSA) is 21.3 Å². The van der Waals surface area contributed by atoms with Crippen LogP contribution in [0.4, 0.5) is 5.69 Å². The molecule has 0 aliphatic carbocycles. The van der Waals surface area contributed by atoms with E-state index in [1.165, 1.54) is 11.1 Å². The predicted octanol–water partition coefficient (Wildman–Crippen LogP) is 4.38.